The van der Waals surface area contributed by atoms with Gasteiger partial charge in [0.25, 0.3) is 0 Å². The minimum atomic E-state index is 1.13. The Bertz CT molecular complexity index is 1240. The number of rotatable bonds is 0. The van der Waals surface area contributed by atoms with Crippen molar-refractivity contribution in [2.24, 2.45) is 0 Å². The molecule has 6 rings (SSSR count). The quantitative estimate of drug-likeness (QED) is 0.329. The molecule has 24 heavy (non-hydrogen) atoms. The molecule has 0 fully saturated rings. The van der Waals surface area contributed by atoms with E-state index in [0.717, 1.165) is 12.8 Å². The van der Waals surface area contributed by atoms with E-state index in [9.17, 15) is 0 Å². The van der Waals surface area contributed by atoms with Crippen LogP contribution in [0.4, 0.5) is 0 Å². The maximum atomic E-state index is 2.41. The van der Waals surface area contributed by atoms with Crippen molar-refractivity contribution in [1.29, 1.82) is 0 Å². The summed E-state index contributed by atoms with van der Waals surface area (Å²) in [5, 5.41) is 8.01. The highest BCUT2D eigenvalue weighted by Gasteiger charge is 2.22. The highest BCUT2D eigenvalue weighted by molar-refractivity contribution is 6.06. The molecule has 4 aromatic carbocycles. The normalized spacial score (nSPS) is 15.7. The van der Waals surface area contributed by atoms with E-state index in [1.54, 1.807) is 5.57 Å². The predicted octanol–water partition coefficient (Wildman–Crippen LogP) is 6.42. The predicted molar refractivity (Wildman–Crippen MR) is 103 cm³/mol. The van der Waals surface area contributed by atoms with Crippen LogP contribution in [0.1, 0.15) is 17.5 Å². The molecule has 0 unspecified atom stereocenters. The summed E-state index contributed by atoms with van der Waals surface area (Å²) in [6.45, 7) is 0. The van der Waals surface area contributed by atoms with Crippen LogP contribution in [0.25, 0.3) is 37.9 Å². The molecule has 4 aromatic rings. The van der Waals surface area contributed by atoms with E-state index >= 15 is 0 Å². The van der Waals surface area contributed by atoms with E-state index in [4.69, 9.17) is 0 Å². The first-order chi connectivity index (χ1) is 11.8. The van der Waals surface area contributed by atoms with Gasteiger partial charge in [-0.1, -0.05) is 48.1 Å². The molecule has 0 heteroatoms. The van der Waals surface area contributed by atoms with Gasteiger partial charge < -0.3 is 0 Å². The Morgan fingerprint density at radius 2 is 1.25 bits per heavy atom. The molecule has 112 valence electrons. The molecule has 0 heterocycles. The van der Waals surface area contributed by atoms with Crippen molar-refractivity contribution in [3.05, 3.63) is 89.5 Å². The fraction of sp³-hybridized carbons (Fsp3) is 0.0833. The summed E-state index contributed by atoms with van der Waals surface area (Å²) in [6.07, 6.45) is 6.86. The average Bonchev–Trinajstić information content (AvgIpc) is 3.17. The molecule has 0 aliphatic heterocycles. The third-order valence-electron chi connectivity index (χ3n) is 5.61. The van der Waals surface area contributed by atoms with Gasteiger partial charge in [0.05, 0.1) is 0 Å². The zero-order chi connectivity index (χ0) is 15.7. The number of fused-ring (bicyclic) bond motifs is 5. The lowest BCUT2D eigenvalue weighted by molar-refractivity contribution is 1.12. The number of benzene rings is 4. The summed E-state index contributed by atoms with van der Waals surface area (Å²) in [5.74, 6) is 0. The molecule has 2 aliphatic carbocycles. The summed E-state index contributed by atoms with van der Waals surface area (Å²) >= 11 is 0. The van der Waals surface area contributed by atoms with Gasteiger partial charge in [-0.05, 0) is 92.2 Å². The van der Waals surface area contributed by atoms with Gasteiger partial charge in [-0.3, -0.25) is 0 Å². The van der Waals surface area contributed by atoms with Crippen molar-refractivity contribution < 1.29 is 0 Å². The molecule has 0 aromatic heterocycles. The summed E-state index contributed by atoms with van der Waals surface area (Å²) < 4.78 is 0. The molecule has 0 saturated heterocycles. The summed E-state index contributed by atoms with van der Waals surface area (Å²) in [7, 11) is 0. The van der Waals surface area contributed by atoms with Gasteiger partial charge in [-0.2, -0.15) is 0 Å². The Morgan fingerprint density at radius 3 is 2.00 bits per heavy atom. The Kier molecular flexibility index (Phi) is 2.28. The minimum Gasteiger partial charge on any atom is -0.0798 e. The molecular weight excluding hydrogens is 288 g/mol. The van der Waals surface area contributed by atoms with E-state index in [1.807, 2.05) is 0 Å². The van der Waals surface area contributed by atoms with Crippen LogP contribution in [0.15, 0.2) is 78.4 Å². The van der Waals surface area contributed by atoms with Crippen LogP contribution in [0, 0.1) is 0 Å². The molecule has 0 spiro atoms. The van der Waals surface area contributed by atoms with E-state index in [2.05, 4.69) is 72.8 Å². The van der Waals surface area contributed by atoms with Crippen LogP contribution in [0.2, 0.25) is 0 Å². The van der Waals surface area contributed by atoms with Gasteiger partial charge in [0, 0.05) is 0 Å². The van der Waals surface area contributed by atoms with Gasteiger partial charge in [0.1, 0.15) is 0 Å². The van der Waals surface area contributed by atoms with Gasteiger partial charge in [0.2, 0.25) is 0 Å². The van der Waals surface area contributed by atoms with Crippen LogP contribution in [0.5, 0.6) is 0 Å². The van der Waals surface area contributed by atoms with E-state index in [0.29, 0.717) is 0 Å². The van der Waals surface area contributed by atoms with Crippen LogP contribution in [0.3, 0.4) is 0 Å². The molecule has 0 nitrogen and oxygen atoms in total. The summed E-state index contributed by atoms with van der Waals surface area (Å²) in [4.78, 5) is 0. The maximum absolute atomic E-state index is 2.41. The zero-order valence-corrected chi connectivity index (χ0v) is 13.3. The minimum absolute atomic E-state index is 1.13. The SMILES string of the molecule is C1=CC2=C(C1)Cc1cc3cc4cc5ccccc5cc4cc3cc12. The second kappa shape index (κ2) is 4.36. The fourth-order valence-electron chi connectivity index (χ4n) is 4.41. The largest absolute Gasteiger partial charge is 0.0798 e. The molecule has 0 saturated carbocycles. The third kappa shape index (κ3) is 1.63. The van der Waals surface area contributed by atoms with E-state index in [1.165, 1.54) is 49.0 Å². The number of hydrogen-bond donors (Lipinski definition) is 0. The van der Waals surface area contributed by atoms with Gasteiger partial charge >= 0.3 is 0 Å². The average molecular weight is 304 g/mol. The highest BCUT2D eigenvalue weighted by atomic mass is 14.3. The Balaban J connectivity index is 1.67. The van der Waals surface area contributed by atoms with E-state index < -0.39 is 0 Å². The smallest absolute Gasteiger partial charge is 0.00484 e. The standard InChI is InChI=1S/C24H16/c1-2-5-16-9-19-12-21-14-24-22(10-17-6-3-7-23(17)24)13-20(21)11-18(19)8-15(16)4-1/h1-5,7-9,11-14H,6,10H2. The third-order valence-corrected chi connectivity index (χ3v) is 5.61. The number of allylic oxidation sites excluding steroid dienone is 4. The van der Waals surface area contributed by atoms with Gasteiger partial charge in [-0.15, -0.1) is 0 Å². The lowest BCUT2D eigenvalue weighted by Gasteiger charge is -2.09. The molecule has 0 N–H and O–H groups in total. The Hall–Kier alpha value is -2.86. The molecule has 0 amide bonds. The second-order valence-corrected chi connectivity index (χ2v) is 7.06. The lowest BCUT2D eigenvalue weighted by atomic mass is 9.95. The van der Waals surface area contributed by atoms with Crippen molar-refractivity contribution in [2.45, 2.75) is 12.8 Å². The van der Waals surface area contributed by atoms with Crippen molar-refractivity contribution in [3.8, 4) is 0 Å². The second-order valence-electron chi connectivity index (χ2n) is 7.06. The van der Waals surface area contributed by atoms with Gasteiger partial charge in [0.15, 0.2) is 0 Å². The molecule has 0 bridgehead atoms. The highest BCUT2D eigenvalue weighted by Crippen LogP contribution is 2.41. The maximum Gasteiger partial charge on any atom is -0.00484 e. The zero-order valence-electron chi connectivity index (χ0n) is 13.3. The van der Waals surface area contributed by atoms with Crippen molar-refractivity contribution >= 4 is 37.9 Å². The molecule has 0 radical (unpaired) electrons. The van der Waals surface area contributed by atoms with Gasteiger partial charge in [-0.25, -0.2) is 0 Å². The summed E-state index contributed by atoms with van der Waals surface area (Å²) in [6, 6.07) is 22.8. The Morgan fingerprint density at radius 1 is 0.625 bits per heavy atom. The van der Waals surface area contributed by atoms with Crippen molar-refractivity contribution in [2.75, 3.05) is 0 Å². The fourth-order valence-corrected chi connectivity index (χ4v) is 4.41. The summed E-state index contributed by atoms with van der Waals surface area (Å²) in [5.41, 5.74) is 6.02. The van der Waals surface area contributed by atoms with E-state index in [-0.39, 0.29) is 0 Å². The first-order valence-corrected chi connectivity index (χ1v) is 8.63. The topological polar surface area (TPSA) is 0 Å². The molecule has 0 atom stereocenters. The lowest BCUT2D eigenvalue weighted by Crippen LogP contribution is -1.87. The van der Waals surface area contributed by atoms with Crippen LogP contribution in [-0.4, -0.2) is 0 Å². The van der Waals surface area contributed by atoms with Crippen LogP contribution >= 0.6 is 0 Å². The number of hydrogen-bond acceptors (Lipinski definition) is 0. The first-order valence-electron chi connectivity index (χ1n) is 8.63. The van der Waals surface area contributed by atoms with Crippen LogP contribution < -0.4 is 0 Å². The molecular formula is C24H16. The molecule has 2 aliphatic rings. The van der Waals surface area contributed by atoms with Crippen molar-refractivity contribution in [1.82, 2.24) is 0 Å². The monoisotopic (exact) mass is 304 g/mol. The Labute approximate surface area is 140 Å². The van der Waals surface area contributed by atoms with Crippen LogP contribution in [-0.2, 0) is 6.42 Å². The first kappa shape index (κ1) is 12.5. The van der Waals surface area contributed by atoms with Crippen molar-refractivity contribution in [3.63, 3.8) is 0 Å².